The van der Waals surface area contributed by atoms with E-state index in [0.717, 1.165) is 0 Å². The zero-order chi connectivity index (χ0) is 10.4. The second kappa shape index (κ2) is 2.87. The Labute approximate surface area is 81.2 Å². The molecule has 1 aliphatic heterocycles. The first-order valence-electron chi connectivity index (χ1n) is 4.84. The molecule has 3 nitrogen and oxygen atoms in total. The van der Waals surface area contributed by atoms with Gasteiger partial charge in [0.25, 0.3) is 0 Å². The Morgan fingerprint density at radius 1 is 1.21 bits per heavy atom. The van der Waals surface area contributed by atoms with Crippen LogP contribution in [0, 0.1) is 0 Å². The van der Waals surface area contributed by atoms with Crippen molar-refractivity contribution in [3.63, 3.8) is 0 Å². The fraction of sp³-hybridized carbons (Fsp3) is 1.00. The van der Waals surface area contributed by atoms with Crippen molar-refractivity contribution in [3.8, 4) is 0 Å². The van der Waals surface area contributed by atoms with Gasteiger partial charge in [0, 0.05) is 25.9 Å². The summed E-state index contributed by atoms with van der Waals surface area (Å²) < 4.78 is 31.1. The molecule has 3 N–H and O–H groups in total. The van der Waals surface area contributed by atoms with Crippen LogP contribution in [0.1, 0.15) is 25.7 Å². The van der Waals surface area contributed by atoms with Crippen LogP contribution in [0.2, 0.25) is 0 Å². The van der Waals surface area contributed by atoms with E-state index in [-0.39, 0.29) is 19.4 Å². The van der Waals surface area contributed by atoms with Crippen LogP contribution in [-0.4, -0.2) is 35.4 Å². The van der Waals surface area contributed by atoms with E-state index in [1.807, 2.05) is 0 Å². The summed E-state index contributed by atoms with van der Waals surface area (Å²) in [6.45, 7) is 0.487. The number of ether oxygens (including phenoxy) is 1. The first-order chi connectivity index (χ1) is 6.37. The molecule has 0 amide bonds. The van der Waals surface area contributed by atoms with Crippen molar-refractivity contribution in [2.45, 2.75) is 42.7 Å². The molecule has 1 aliphatic carbocycles. The van der Waals surface area contributed by atoms with Crippen LogP contribution in [0.3, 0.4) is 0 Å². The third kappa shape index (κ3) is 1.43. The minimum atomic E-state index is -2.73. The van der Waals surface area contributed by atoms with Gasteiger partial charge in [0.1, 0.15) is 5.60 Å². The van der Waals surface area contributed by atoms with E-state index in [4.69, 9.17) is 10.5 Å². The molecule has 1 saturated carbocycles. The summed E-state index contributed by atoms with van der Waals surface area (Å²) in [5.74, 6) is -2.73. The summed E-state index contributed by atoms with van der Waals surface area (Å²) in [6.07, 6.45) is -0.134. The molecular formula is C9H15F2NO2. The maximum absolute atomic E-state index is 13.0. The van der Waals surface area contributed by atoms with Gasteiger partial charge < -0.3 is 15.6 Å². The molecule has 82 valence electrons. The average Bonchev–Trinajstić information content (AvgIpc) is 2.59. The zero-order valence-electron chi connectivity index (χ0n) is 7.93. The van der Waals surface area contributed by atoms with E-state index in [1.54, 1.807) is 0 Å². The Morgan fingerprint density at radius 2 is 1.93 bits per heavy atom. The van der Waals surface area contributed by atoms with E-state index in [9.17, 15) is 13.9 Å². The lowest BCUT2D eigenvalue weighted by molar-refractivity contribution is -0.0608. The highest BCUT2D eigenvalue weighted by Crippen LogP contribution is 2.47. The minimum absolute atomic E-state index is 0.0829. The summed E-state index contributed by atoms with van der Waals surface area (Å²) in [6, 6.07) is 0. The third-order valence-electron chi connectivity index (χ3n) is 3.44. The van der Waals surface area contributed by atoms with Gasteiger partial charge >= 0.3 is 0 Å². The van der Waals surface area contributed by atoms with Crippen LogP contribution in [0.4, 0.5) is 8.78 Å². The second-order valence-electron chi connectivity index (χ2n) is 4.52. The Hall–Kier alpha value is -0.260. The van der Waals surface area contributed by atoms with Gasteiger partial charge in [-0.15, -0.1) is 0 Å². The topological polar surface area (TPSA) is 55.5 Å². The largest absolute Gasteiger partial charge is 0.385 e. The van der Waals surface area contributed by atoms with Crippen molar-refractivity contribution >= 4 is 0 Å². The molecule has 0 spiro atoms. The van der Waals surface area contributed by atoms with E-state index in [0.29, 0.717) is 13.0 Å². The van der Waals surface area contributed by atoms with Crippen LogP contribution in [0.15, 0.2) is 0 Å². The van der Waals surface area contributed by atoms with Gasteiger partial charge in [-0.25, -0.2) is 8.78 Å². The number of rotatable bonds is 1. The minimum Gasteiger partial charge on any atom is -0.385 e. The fourth-order valence-corrected chi connectivity index (χ4v) is 2.39. The molecule has 2 fully saturated rings. The standard InChI is InChI=1S/C9H15F2NO2/c10-9(11)2-1-7(12,5-9)8(13)3-4-14-6-8/h13H,1-6,12H2. The van der Waals surface area contributed by atoms with Crippen molar-refractivity contribution in [1.82, 2.24) is 0 Å². The molecule has 1 heterocycles. The first kappa shape index (κ1) is 10.3. The number of hydrogen-bond acceptors (Lipinski definition) is 3. The maximum Gasteiger partial charge on any atom is 0.250 e. The van der Waals surface area contributed by atoms with Gasteiger partial charge in [0.15, 0.2) is 0 Å². The monoisotopic (exact) mass is 207 g/mol. The molecule has 0 aromatic carbocycles. The van der Waals surface area contributed by atoms with Gasteiger partial charge in [-0.3, -0.25) is 0 Å². The zero-order valence-corrected chi connectivity index (χ0v) is 7.93. The van der Waals surface area contributed by atoms with Gasteiger partial charge in [-0.1, -0.05) is 0 Å². The number of halogens is 2. The number of aliphatic hydroxyl groups is 1. The molecule has 2 atom stereocenters. The van der Waals surface area contributed by atoms with Gasteiger partial charge in [0.05, 0.1) is 12.1 Å². The summed E-state index contributed by atoms with van der Waals surface area (Å²) >= 11 is 0. The molecule has 0 aromatic heterocycles. The average molecular weight is 207 g/mol. The van der Waals surface area contributed by atoms with Gasteiger partial charge in [-0.05, 0) is 6.42 Å². The number of alkyl halides is 2. The lowest BCUT2D eigenvalue weighted by atomic mass is 9.78. The number of hydrogen-bond donors (Lipinski definition) is 2. The smallest absolute Gasteiger partial charge is 0.250 e. The Morgan fingerprint density at radius 3 is 2.36 bits per heavy atom. The molecule has 0 radical (unpaired) electrons. The number of nitrogens with two attached hydrogens (primary N) is 1. The van der Waals surface area contributed by atoms with Crippen LogP contribution in [0.25, 0.3) is 0 Å². The van der Waals surface area contributed by atoms with E-state index in [1.165, 1.54) is 0 Å². The van der Waals surface area contributed by atoms with Crippen LogP contribution >= 0.6 is 0 Å². The Bertz CT molecular complexity index is 241. The molecule has 14 heavy (non-hydrogen) atoms. The lowest BCUT2D eigenvalue weighted by Gasteiger charge is -2.38. The first-order valence-corrected chi connectivity index (χ1v) is 4.84. The molecular weight excluding hydrogens is 192 g/mol. The van der Waals surface area contributed by atoms with Crippen LogP contribution < -0.4 is 5.73 Å². The Balaban J connectivity index is 2.17. The van der Waals surface area contributed by atoms with Crippen molar-refractivity contribution in [2.75, 3.05) is 13.2 Å². The molecule has 0 aromatic rings. The van der Waals surface area contributed by atoms with Crippen molar-refractivity contribution in [3.05, 3.63) is 0 Å². The third-order valence-corrected chi connectivity index (χ3v) is 3.44. The van der Waals surface area contributed by atoms with Gasteiger partial charge in [0.2, 0.25) is 5.92 Å². The predicted octanol–water partition coefficient (Wildman–Crippen LogP) is 0.654. The molecule has 2 aliphatic rings. The summed E-state index contributed by atoms with van der Waals surface area (Å²) in [5, 5.41) is 10.1. The second-order valence-corrected chi connectivity index (χ2v) is 4.52. The summed E-state index contributed by atoms with van der Waals surface area (Å²) in [7, 11) is 0. The van der Waals surface area contributed by atoms with Crippen molar-refractivity contribution in [2.24, 2.45) is 5.73 Å². The molecule has 2 rings (SSSR count). The fourth-order valence-electron chi connectivity index (χ4n) is 2.39. The van der Waals surface area contributed by atoms with E-state index >= 15 is 0 Å². The maximum atomic E-state index is 13.0. The molecule has 2 unspecified atom stereocenters. The Kier molecular flexibility index (Phi) is 2.10. The van der Waals surface area contributed by atoms with Gasteiger partial charge in [-0.2, -0.15) is 0 Å². The van der Waals surface area contributed by atoms with Crippen molar-refractivity contribution < 1.29 is 18.6 Å². The normalized spacial score (nSPS) is 47.1. The van der Waals surface area contributed by atoms with E-state index < -0.39 is 23.5 Å². The lowest BCUT2D eigenvalue weighted by Crippen LogP contribution is -2.60. The quantitative estimate of drug-likeness (QED) is 0.664. The summed E-state index contributed by atoms with van der Waals surface area (Å²) in [4.78, 5) is 0. The highest BCUT2D eigenvalue weighted by Gasteiger charge is 2.58. The SMILES string of the molecule is NC1(C2(O)CCOC2)CCC(F)(F)C1. The molecule has 0 bridgehead atoms. The highest BCUT2D eigenvalue weighted by molar-refractivity contribution is 5.11. The summed E-state index contributed by atoms with van der Waals surface area (Å²) in [5.41, 5.74) is 3.43. The molecule has 5 heteroatoms. The highest BCUT2D eigenvalue weighted by atomic mass is 19.3. The van der Waals surface area contributed by atoms with Crippen LogP contribution in [-0.2, 0) is 4.74 Å². The van der Waals surface area contributed by atoms with Crippen LogP contribution in [0.5, 0.6) is 0 Å². The van der Waals surface area contributed by atoms with E-state index in [2.05, 4.69) is 0 Å². The molecule has 1 saturated heterocycles. The predicted molar refractivity (Wildman–Crippen MR) is 46.1 cm³/mol. The van der Waals surface area contributed by atoms with Crippen molar-refractivity contribution in [1.29, 1.82) is 0 Å².